The molecule has 1 N–H and O–H groups in total. The second-order valence-electron chi connectivity index (χ2n) is 9.70. The lowest BCUT2D eigenvalue weighted by Gasteiger charge is -2.44. The molecule has 1 amide bonds. The third kappa shape index (κ3) is 4.07. The van der Waals surface area contributed by atoms with Crippen LogP contribution in [0.15, 0.2) is 48.5 Å². The van der Waals surface area contributed by atoms with Crippen molar-refractivity contribution in [2.24, 2.45) is 11.8 Å². The van der Waals surface area contributed by atoms with Crippen molar-refractivity contribution in [1.82, 2.24) is 14.7 Å². The summed E-state index contributed by atoms with van der Waals surface area (Å²) in [5, 5.41) is 10.9. The number of carbonyl (C=O) groups excluding carboxylic acids is 1. The number of carbonyl (C=O) groups is 1. The molecule has 5 nitrogen and oxygen atoms in total. The Bertz CT molecular complexity index is 975. The van der Waals surface area contributed by atoms with Crippen LogP contribution >= 0.6 is 0 Å². The van der Waals surface area contributed by atoms with Crippen molar-refractivity contribution in [3.8, 4) is 11.1 Å². The summed E-state index contributed by atoms with van der Waals surface area (Å²) in [5.74, 6) is 0.385. The molecule has 2 aliphatic heterocycles. The Hall–Kier alpha value is -2.28. The summed E-state index contributed by atoms with van der Waals surface area (Å²) < 4.78 is 14.5. The molecule has 4 atom stereocenters. The number of hydrogen-bond acceptors (Lipinski definition) is 4. The molecule has 0 aromatic heterocycles. The van der Waals surface area contributed by atoms with E-state index in [0.717, 1.165) is 39.0 Å². The molecule has 1 saturated carbocycles. The predicted octanol–water partition coefficient (Wildman–Crippen LogP) is 2.95. The smallest absolute Gasteiger partial charge is 0.254 e. The molecule has 2 aromatic rings. The number of likely N-dealkylation sites (N-methyl/N-ethyl adjacent to an activating group) is 1. The molecule has 170 valence electrons. The van der Waals surface area contributed by atoms with E-state index in [2.05, 4.69) is 16.8 Å². The predicted molar refractivity (Wildman–Crippen MR) is 123 cm³/mol. The van der Waals surface area contributed by atoms with Crippen LogP contribution in [0.5, 0.6) is 0 Å². The summed E-state index contributed by atoms with van der Waals surface area (Å²) in [6.45, 7) is 5.44. The molecule has 5 rings (SSSR count). The molecule has 0 unspecified atom stereocenters. The van der Waals surface area contributed by atoms with E-state index in [1.165, 1.54) is 6.07 Å². The Balaban J connectivity index is 1.32. The first-order chi connectivity index (χ1) is 15.5. The van der Waals surface area contributed by atoms with Crippen LogP contribution in [0.25, 0.3) is 11.1 Å². The number of piperazine rings is 1. The Labute approximate surface area is 189 Å². The minimum absolute atomic E-state index is 0.0381. The fraction of sp³-hybridized carbons (Fsp3) is 0.500. The van der Waals surface area contributed by atoms with Crippen molar-refractivity contribution < 1.29 is 14.3 Å². The second kappa shape index (κ2) is 8.93. The lowest BCUT2D eigenvalue weighted by Crippen LogP contribution is -2.55. The molecule has 2 heterocycles. The summed E-state index contributed by atoms with van der Waals surface area (Å²) in [7, 11) is 2.14. The number of aliphatic hydroxyl groups excluding tert-OH is 1. The summed E-state index contributed by atoms with van der Waals surface area (Å²) in [4.78, 5) is 20.2. The van der Waals surface area contributed by atoms with Gasteiger partial charge in [-0.2, -0.15) is 0 Å². The molecular weight excluding hydrogens is 405 g/mol. The van der Waals surface area contributed by atoms with Crippen LogP contribution in [0.2, 0.25) is 0 Å². The molecule has 0 radical (unpaired) electrons. The lowest BCUT2D eigenvalue weighted by molar-refractivity contribution is -0.0249. The van der Waals surface area contributed by atoms with E-state index in [-0.39, 0.29) is 23.9 Å². The van der Waals surface area contributed by atoms with E-state index in [1.807, 2.05) is 23.1 Å². The zero-order chi connectivity index (χ0) is 22.2. The van der Waals surface area contributed by atoms with Crippen LogP contribution in [-0.4, -0.2) is 84.2 Å². The monoisotopic (exact) mass is 437 g/mol. The van der Waals surface area contributed by atoms with Gasteiger partial charge in [0.25, 0.3) is 5.91 Å². The maximum atomic E-state index is 14.5. The minimum Gasteiger partial charge on any atom is -0.391 e. The highest BCUT2D eigenvalue weighted by Gasteiger charge is 2.45. The summed E-state index contributed by atoms with van der Waals surface area (Å²) in [6, 6.07) is 14.1. The first kappa shape index (κ1) is 21.6. The minimum atomic E-state index is -0.333. The van der Waals surface area contributed by atoms with Gasteiger partial charge in [-0.3, -0.25) is 9.69 Å². The topological polar surface area (TPSA) is 47.0 Å². The van der Waals surface area contributed by atoms with Crippen molar-refractivity contribution in [2.75, 3.05) is 46.3 Å². The first-order valence-electron chi connectivity index (χ1n) is 11.7. The summed E-state index contributed by atoms with van der Waals surface area (Å²) >= 11 is 0. The number of likely N-dealkylation sites (tertiary alicyclic amines) is 1. The van der Waals surface area contributed by atoms with Crippen LogP contribution in [0, 0.1) is 17.7 Å². The molecule has 2 aromatic carbocycles. The van der Waals surface area contributed by atoms with E-state index in [0.29, 0.717) is 41.6 Å². The van der Waals surface area contributed by atoms with Crippen LogP contribution in [0.1, 0.15) is 23.2 Å². The van der Waals surface area contributed by atoms with Crippen molar-refractivity contribution in [2.45, 2.75) is 25.0 Å². The largest absolute Gasteiger partial charge is 0.391 e. The van der Waals surface area contributed by atoms with Crippen LogP contribution < -0.4 is 0 Å². The summed E-state index contributed by atoms with van der Waals surface area (Å²) in [5.41, 5.74) is 1.65. The number of hydrogen-bond donors (Lipinski definition) is 1. The highest BCUT2D eigenvalue weighted by Crippen LogP contribution is 2.39. The van der Waals surface area contributed by atoms with Crippen molar-refractivity contribution in [3.63, 3.8) is 0 Å². The maximum Gasteiger partial charge on any atom is 0.254 e. The van der Waals surface area contributed by atoms with Gasteiger partial charge in [0.2, 0.25) is 0 Å². The molecule has 32 heavy (non-hydrogen) atoms. The van der Waals surface area contributed by atoms with E-state index in [4.69, 9.17) is 0 Å². The zero-order valence-electron chi connectivity index (χ0n) is 18.7. The van der Waals surface area contributed by atoms with E-state index in [9.17, 15) is 14.3 Å². The third-order valence-corrected chi connectivity index (χ3v) is 7.72. The molecule has 0 bridgehead atoms. The standard InChI is InChI=1S/C26H32FN3O2/c1-28-10-12-29(13-11-28)24-14-18-16-30(17-19(18)15-25(24)31)26(32)22-8-3-2-6-20(22)21-7-4-5-9-23(21)27/h2-9,18-19,24-25,31H,10-17H2,1H3/t18-,19+,24-,25-/m1/s1. The number of rotatable bonds is 3. The van der Waals surface area contributed by atoms with Gasteiger partial charge in [0.1, 0.15) is 5.82 Å². The van der Waals surface area contributed by atoms with Gasteiger partial charge in [-0.25, -0.2) is 4.39 Å². The van der Waals surface area contributed by atoms with Crippen LogP contribution in [-0.2, 0) is 0 Å². The Morgan fingerprint density at radius 2 is 1.53 bits per heavy atom. The summed E-state index contributed by atoms with van der Waals surface area (Å²) in [6.07, 6.45) is 1.36. The van der Waals surface area contributed by atoms with Gasteiger partial charge in [-0.15, -0.1) is 0 Å². The van der Waals surface area contributed by atoms with E-state index in [1.54, 1.807) is 24.3 Å². The second-order valence-corrected chi connectivity index (χ2v) is 9.70. The molecule has 3 fully saturated rings. The fourth-order valence-electron chi connectivity index (χ4n) is 5.87. The molecule has 2 saturated heterocycles. The van der Waals surface area contributed by atoms with E-state index >= 15 is 0 Å². The maximum absolute atomic E-state index is 14.5. The fourth-order valence-corrected chi connectivity index (χ4v) is 5.87. The Morgan fingerprint density at radius 1 is 0.906 bits per heavy atom. The number of nitrogens with zero attached hydrogens (tertiary/aromatic N) is 3. The van der Waals surface area contributed by atoms with Crippen molar-refractivity contribution in [3.05, 3.63) is 59.9 Å². The number of amides is 1. The lowest BCUT2D eigenvalue weighted by atomic mass is 9.77. The number of benzene rings is 2. The quantitative estimate of drug-likeness (QED) is 0.802. The normalized spacial score (nSPS) is 29.2. The van der Waals surface area contributed by atoms with Gasteiger partial charge in [0.05, 0.1) is 6.10 Å². The Morgan fingerprint density at radius 3 is 2.25 bits per heavy atom. The van der Waals surface area contributed by atoms with Gasteiger partial charge in [0, 0.05) is 56.4 Å². The average molecular weight is 438 g/mol. The molecule has 1 aliphatic carbocycles. The zero-order valence-corrected chi connectivity index (χ0v) is 18.7. The number of aliphatic hydroxyl groups is 1. The molecule has 0 spiro atoms. The van der Waals surface area contributed by atoms with Crippen LogP contribution in [0.3, 0.4) is 0 Å². The highest BCUT2D eigenvalue weighted by molar-refractivity contribution is 6.01. The van der Waals surface area contributed by atoms with Crippen LogP contribution in [0.4, 0.5) is 4.39 Å². The van der Waals surface area contributed by atoms with Gasteiger partial charge in [-0.05, 0) is 49.4 Å². The highest BCUT2D eigenvalue weighted by atomic mass is 19.1. The SMILES string of the molecule is CN1CCN([C@@H]2C[C@@H]3CN(C(=O)c4ccccc4-c4ccccc4F)C[C@@H]3C[C@H]2O)CC1. The van der Waals surface area contributed by atoms with E-state index < -0.39 is 0 Å². The first-order valence-corrected chi connectivity index (χ1v) is 11.7. The van der Waals surface area contributed by atoms with Gasteiger partial charge in [0.15, 0.2) is 0 Å². The van der Waals surface area contributed by atoms with Crippen molar-refractivity contribution in [1.29, 1.82) is 0 Å². The van der Waals surface area contributed by atoms with Gasteiger partial charge >= 0.3 is 0 Å². The molecule has 3 aliphatic rings. The number of halogens is 1. The molecule has 6 heteroatoms. The number of fused-ring (bicyclic) bond motifs is 1. The Kier molecular flexibility index (Phi) is 6.01. The van der Waals surface area contributed by atoms with Gasteiger partial charge < -0.3 is 14.9 Å². The third-order valence-electron chi connectivity index (χ3n) is 7.72. The van der Waals surface area contributed by atoms with Crippen molar-refractivity contribution >= 4 is 5.91 Å². The molecular formula is C26H32FN3O2. The average Bonchev–Trinajstić information content (AvgIpc) is 3.22. The van der Waals surface area contributed by atoms with Gasteiger partial charge in [-0.1, -0.05) is 36.4 Å².